The number of hydrogen-bond acceptors (Lipinski definition) is 5. The second-order valence-corrected chi connectivity index (χ2v) is 4.16. The Kier molecular flexibility index (Phi) is 3.85. The van der Waals surface area contributed by atoms with Gasteiger partial charge in [-0.05, 0) is 19.1 Å². The minimum absolute atomic E-state index is 0.0258. The number of anilines is 2. The highest BCUT2D eigenvalue weighted by atomic mass is 19.4. The molecule has 2 rings (SSSR count). The SMILES string of the molecule is Cc1cc(NC(=O)c2cccc(C(F)(F)F)c2NN)on1. The molecule has 0 atom stereocenters. The zero-order chi connectivity index (χ0) is 15.6. The lowest BCUT2D eigenvalue weighted by Crippen LogP contribution is -2.21. The fourth-order valence-corrected chi connectivity index (χ4v) is 1.73. The Morgan fingerprint density at radius 3 is 2.62 bits per heavy atom. The first-order valence-corrected chi connectivity index (χ1v) is 5.74. The van der Waals surface area contributed by atoms with Crippen molar-refractivity contribution in [2.24, 2.45) is 5.84 Å². The van der Waals surface area contributed by atoms with Gasteiger partial charge in [-0.3, -0.25) is 16.0 Å². The van der Waals surface area contributed by atoms with Gasteiger partial charge in [-0.15, -0.1) is 0 Å². The number of nitrogens with zero attached hydrogens (tertiary/aromatic N) is 1. The van der Waals surface area contributed by atoms with Crippen molar-refractivity contribution in [3.63, 3.8) is 0 Å². The summed E-state index contributed by atoms with van der Waals surface area (Å²) in [5.41, 5.74) is 0.622. The third kappa shape index (κ3) is 3.14. The molecular weight excluding hydrogens is 289 g/mol. The molecule has 0 fully saturated rings. The molecule has 21 heavy (non-hydrogen) atoms. The molecule has 0 aliphatic carbocycles. The molecule has 1 aromatic carbocycles. The molecule has 112 valence electrons. The molecule has 0 saturated heterocycles. The molecule has 1 heterocycles. The highest BCUT2D eigenvalue weighted by Crippen LogP contribution is 2.36. The van der Waals surface area contributed by atoms with Crippen LogP contribution >= 0.6 is 0 Å². The Morgan fingerprint density at radius 2 is 2.10 bits per heavy atom. The lowest BCUT2D eigenvalue weighted by Gasteiger charge is -2.15. The van der Waals surface area contributed by atoms with Crippen LogP contribution < -0.4 is 16.6 Å². The molecule has 1 aromatic heterocycles. The number of rotatable bonds is 3. The van der Waals surface area contributed by atoms with Crippen LogP contribution in [0.25, 0.3) is 0 Å². The predicted octanol–water partition coefficient (Wildman–Crippen LogP) is 2.54. The minimum Gasteiger partial charge on any atom is -0.338 e. The normalized spacial score (nSPS) is 11.3. The van der Waals surface area contributed by atoms with E-state index in [0.717, 1.165) is 12.1 Å². The maximum absolute atomic E-state index is 12.9. The topological polar surface area (TPSA) is 93.2 Å². The first-order valence-electron chi connectivity index (χ1n) is 5.74. The molecule has 0 aliphatic heterocycles. The van der Waals surface area contributed by atoms with Crippen molar-refractivity contribution in [3.05, 3.63) is 41.1 Å². The molecule has 0 aliphatic rings. The number of para-hydroxylation sites is 1. The Labute approximate surface area is 117 Å². The first-order chi connectivity index (χ1) is 9.82. The number of benzene rings is 1. The predicted molar refractivity (Wildman–Crippen MR) is 68.4 cm³/mol. The van der Waals surface area contributed by atoms with Gasteiger partial charge in [0.25, 0.3) is 5.91 Å². The van der Waals surface area contributed by atoms with Gasteiger partial charge in [-0.25, -0.2) is 0 Å². The van der Waals surface area contributed by atoms with Crippen LogP contribution in [0.2, 0.25) is 0 Å². The zero-order valence-corrected chi connectivity index (χ0v) is 10.8. The number of hydrazine groups is 1. The van der Waals surface area contributed by atoms with E-state index in [1.807, 2.05) is 5.43 Å². The van der Waals surface area contributed by atoms with Crippen LogP contribution in [0.1, 0.15) is 21.6 Å². The number of nitrogens with two attached hydrogens (primary N) is 1. The summed E-state index contributed by atoms with van der Waals surface area (Å²) in [6, 6.07) is 4.58. The average Bonchev–Trinajstić information content (AvgIpc) is 2.82. The first kappa shape index (κ1) is 14.9. The quantitative estimate of drug-likeness (QED) is 0.598. The summed E-state index contributed by atoms with van der Waals surface area (Å²) in [4.78, 5) is 12.0. The van der Waals surface area contributed by atoms with Crippen LogP contribution in [-0.2, 0) is 6.18 Å². The van der Waals surface area contributed by atoms with Gasteiger partial charge in [0.15, 0.2) is 0 Å². The van der Waals surface area contributed by atoms with E-state index in [2.05, 4.69) is 10.5 Å². The van der Waals surface area contributed by atoms with Crippen molar-refractivity contribution >= 4 is 17.5 Å². The number of carbonyl (C=O) groups excluding carboxylic acids is 1. The molecule has 2 aromatic rings. The standard InChI is InChI=1S/C12H11F3N4O2/c1-6-5-9(21-19-6)17-11(20)7-3-2-4-8(10(7)18-16)12(13,14)15/h2-5,18H,16H2,1H3,(H,17,20). The van der Waals surface area contributed by atoms with Crippen LogP contribution in [0.15, 0.2) is 28.8 Å². The molecular formula is C12H11F3N4O2. The van der Waals surface area contributed by atoms with Crippen molar-refractivity contribution < 1.29 is 22.5 Å². The maximum atomic E-state index is 12.9. The summed E-state index contributed by atoms with van der Waals surface area (Å²) in [6.07, 6.45) is -4.64. The van der Waals surface area contributed by atoms with E-state index in [9.17, 15) is 18.0 Å². The van der Waals surface area contributed by atoms with Crippen LogP contribution in [0.3, 0.4) is 0 Å². The van der Waals surface area contributed by atoms with Crippen molar-refractivity contribution in [3.8, 4) is 0 Å². The third-order valence-corrected chi connectivity index (χ3v) is 2.62. The van der Waals surface area contributed by atoms with Gasteiger partial charge in [0, 0.05) is 6.07 Å². The Balaban J connectivity index is 2.37. The Bertz CT molecular complexity index is 667. The summed E-state index contributed by atoms with van der Waals surface area (Å²) in [5.74, 6) is 4.34. The number of carbonyl (C=O) groups is 1. The van der Waals surface area contributed by atoms with Gasteiger partial charge in [-0.1, -0.05) is 11.2 Å². The van der Waals surface area contributed by atoms with Gasteiger partial charge >= 0.3 is 6.18 Å². The molecule has 4 N–H and O–H groups in total. The number of nitrogens with one attached hydrogen (secondary N) is 2. The van der Waals surface area contributed by atoms with Crippen molar-refractivity contribution in [2.45, 2.75) is 13.1 Å². The highest BCUT2D eigenvalue weighted by molar-refractivity contribution is 6.07. The van der Waals surface area contributed by atoms with E-state index in [0.29, 0.717) is 5.69 Å². The van der Waals surface area contributed by atoms with Crippen molar-refractivity contribution in [1.29, 1.82) is 0 Å². The second-order valence-electron chi connectivity index (χ2n) is 4.16. The summed E-state index contributed by atoms with van der Waals surface area (Å²) < 4.78 is 43.3. The zero-order valence-electron chi connectivity index (χ0n) is 10.8. The number of amides is 1. The maximum Gasteiger partial charge on any atom is 0.418 e. The van der Waals surface area contributed by atoms with Crippen molar-refractivity contribution in [1.82, 2.24) is 5.16 Å². The fourth-order valence-electron chi connectivity index (χ4n) is 1.73. The molecule has 1 amide bonds. The number of nitrogen functional groups attached to an aromatic ring is 1. The van der Waals surface area contributed by atoms with Crippen molar-refractivity contribution in [2.75, 3.05) is 10.7 Å². The largest absolute Gasteiger partial charge is 0.418 e. The number of halogens is 3. The lowest BCUT2D eigenvalue weighted by atomic mass is 10.1. The van der Waals surface area contributed by atoms with Gasteiger partial charge in [0.05, 0.1) is 22.5 Å². The summed E-state index contributed by atoms with van der Waals surface area (Å²) in [6.45, 7) is 1.64. The van der Waals surface area contributed by atoms with E-state index < -0.39 is 23.3 Å². The number of alkyl halides is 3. The summed E-state index contributed by atoms with van der Waals surface area (Å²) in [5, 5.41) is 5.85. The number of aromatic nitrogens is 1. The number of aryl methyl sites for hydroxylation is 1. The average molecular weight is 300 g/mol. The summed E-state index contributed by atoms with van der Waals surface area (Å²) in [7, 11) is 0. The monoisotopic (exact) mass is 300 g/mol. The van der Waals surface area contributed by atoms with Gasteiger partial charge < -0.3 is 9.95 Å². The molecule has 9 heteroatoms. The minimum atomic E-state index is -4.64. The van der Waals surface area contributed by atoms with Crippen LogP contribution in [0.4, 0.5) is 24.7 Å². The molecule has 0 saturated carbocycles. The second kappa shape index (κ2) is 5.44. The molecule has 0 unspecified atom stereocenters. The fraction of sp³-hybridized carbons (Fsp3) is 0.167. The number of hydrogen-bond donors (Lipinski definition) is 3. The lowest BCUT2D eigenvalue weighted by molar-refractivity contribution is -0.137. The van der Waals surface area contributed by atoms with Crippen LogP contribution in [-0.4, -0.2) is 11.1 Å². The van der Waals surface area contributed by atoms with Crippen LogP contribution in [0.5, 0.6) is 0 Å². The van der Waals surface area contributed by atoms with E-state index >= 15 is 0 Å². The smallest absolute Gasteiger partial charge is 0.338 e. The molecule has 6 nitrogen and oxygen atoms in total. The van der Waals surface area contributed by atoms with Crippen LogP contribution in [0, 0.1) is 6.92 Å². The molecule has 0 bridgehead atoms. The van der Waals surface area contributed by atoms with E-state index in [-0.39, 0.29) is 11.4 Å². The third-order valence-electron chi connectivity index (χ3n) is 2.62. The Morgan fingerprint density at radius 1 is 1.38 bits per heavy atom. The molecule has 0 radical (unpaired) electrons. The summed E-state index contributed by atoms with van der Waals surface area (Å²) >= 11 is 0. The van der Waals surface area contributed by atoms with Gasteiger partial charge in [0.2, 0.25) is 5.88 Å². The molecule has 0 spiro atoms. The van der Waals surface area contributed by atoms with Gasteiger partial charge in [0.1, 0.15) is 0 Å². The highest BCUT2D eigenvalue weighted by Gasteiger charge is 2.35. The van der Waals surface area contributed by atoms with E-state index in [1.54, 1.807) is 6.92 Å². The van der Waals surface area contributed by atoms with E-state index in [1.165, 1.54) is 12.1 Å². The van der Waals surface area contributed by atoms with E-state index in [4.69, 9.17) is 10.4 Å². The Hall–Kier alpha value is -2.55. The van der Waals surface area contributed by atoms with Gasteiger partial charge in [-0.2, -0.15) is 13.2 Å².